The van der Waals surface area contributed by atoms with Gasteiger partial charge in [0.15, 0.2) is 0 Å². The topological polar surface area (TPSA) is 94.2 Å². The summed E-state index contributed by atoms with van der Waals surface area (Å²) in [4.78, 5) is 46.0. The van der Waals surface area contributed by atoms with Crippen LogP contribution in [0.25, 0.3) is 0 Å². The van der Waals surface area contributed by atoms with Crippen molar-refractivity contribution in [2.75, 3.05) is 52.5 Å². The quantitative estimate of drug-likeness (QED) is 0.322. The third kappa shape index (κ3) is 6.45. The Labute approximate surface area is 247 Å². The number of halogens is 3. The minimum Gasteiger partial charge on any atom is -0.379 e. The SMILES string of the molecule is C=CCN1C(=O)N[C@H](c2ccccc2C(F)(F)F)C2=C1CN([C@@H](C(=O)NCCCN1CCOCC1)c1ccccc1)C2=O. The summed E-state index contributed by atoms with van der Waals surface area (Å²) < 4.78 is 47.5. The molecule has 0 spiro atoms. The summed E-state index contributed by atoms with van der Waals surface area (Å²) in [5.41, 5.74) is -0.402. The maximum absolute atomic E-state index is 14.2. The number of urea groups is 1. The van der Waals surface area contributed by atoms with Crippen molar-refractivity contribution in [3.8, 4) is 0 Å². The second kappa shape index (κ2) is 13.0. The van der Waals surface area contributed by atoms with Crippen molar-refractivity contribution in [1.29, 1.82) is 0 Å². The molecule has 2 atom stereocenters. The second-order valence-corrected chi connectivity index (χ2v) is 10.6. The number of rotatable bonds is 10. The minimum atomic E-state index is -4.71. The van der Waals surface area contributed by atoms with Gasteiger partial charge in [-0.15, -0.1) is 6.58 Å². The van der Waals surface area contributed by atoms with Crippen LogP contribution in [-0.2, 0) is 20.5 Å². The zero-order valence-corrected chi connectivity index (χ0v) is 23.6. The van der Waals surface area contributed by atoms with Crippen LogP contribution >= 0.6 is 0 Å². The van der Waals surface area contributed by atoms with Gasteiger partial charge in [-0.05, 0) is 30.2 Å². The number of ether oxygens (including phenoxy) is 1. The van der Waals surface area contributed by atoms with E-state index in [0.717, 1.165) is 25.7 Å². The van der Waals surface area contributed by atoms with Gasteiger partial charge in [-0.3, -0.25) is 19.4 Å². The molecule has 12 heteroatoms. The highest BCUT2D eigenvalue weighted by molar-refractivity contribution is 6.04. The molecular formula is C31H34F3N5O4. The summed E-state index contributed by atoms with van der Waals surface area (Å²) in [6, 6.07) is 10.5. The molecule has 4 amide bonds. The van der Waals surface area contributed by atoms with Crippen molar-refractivity contribution in [2.45, 2.75) is 24.7 Å². The van der Waals surface area contributed by atoms with Crippen LogP contribution in [0.15, 0.2) is 78.5 Å². The Kier molecular flexibility index (Phi) is 9.16. The number of carbonyl (C=O) groups excluding carboxylic acids is 3. The van der Waals surface area contributed by atoms with Crippen LogP contribution in [-0.4, -0.2) is 85.0 Å². The van der Waals surface area contributed by atoms with Crippen LogP contribution < -0.4 is 10.6 Å². The van der Waals surface area contributed by atoms with Crippen molar-refractivity contribution < 1.29 is 32.3 Å². The molecule has 2 N–H and O–H groups in total. The molecule has 1 saturated heterocycles. The molecular weight excluding hydrogens is 563 g/mol. The molecule has 3 aliphatic rings. The largest absolute Gasteiger partial charge is 0.416 e. The zero-order valence-electron chi connectivity index (χ0n) is 23.6. The van der Waals surface area contributed by atoms with Crippen LogP contribution in [0.3, 0.4) is 0 Å². The lowest BCUT2D eigenvalue weighted by atomic mass is 9.91. The Balaban J connectivity index is 1.45. The number of nitrogens with zero attached hydrogens (tertiary/aromatic N) is 3. The third-order valence-corrected chi connectivity index (χ3v) is 7.87. The maximum atomic E-state index is 14.2. The molecule has 0 radical (unpaired) electrons. The Morgan fingerprint density at radius 1 is 1.09 bits per heavy atom. The van der Waals surface area contributed by atoms with Crippen LogP contribution in [0, 0.1) is 0 Å². The molecule has 43 heavy (non-hydrogen) atoms. The van der Waals surface area contributed by atoms with E-state index in [2.05, 4.69) is 22.1 Å². The van der Waals surface area contributed by atoms with Gasteiger partial charge in [-0.1, -0.05) is 54.6 Å². The lowest BCUT2D eigenvalue weighted by molar-refractivity contribution is -0.138. The highest BCUT2D eigenvalue weighted by Crippen LogP contribution is 2.43. The van der Waals surface area contributed by atoms with E-state index in [-0.39, 0.29) is 29.9 Å². The van der Waals surface area contributed by atoms with Gasteiger partial charge in [0.25, 0.3) is 5.91 Å². The minimum absolute atomic E-state index is 0.000742. The van der Waals surface area contributed by atoms with Gasteiger partial charge in [0.2, 0.25) is 5.91 Å². The van der Waals surface area contributed by atoms with Crippen LogP contribution in [0.4, 0.5) is 18.0 Å². The summed E-state index contributed by atoms with van der Waals surface area (Å²) in [7, 11) is 0. The average molecular weight is 598 g/mol. The summed E-state index contributed by atoms with van der Waals surface area (Å²) in [5, 5.41) is 5.55. The van der Waals surface area contributed by atoms with Gasteiger partial charge < -0.3 is 20.3 Å². The molecule has 0 unspecified atom stereocenters. The molecule has 0 bridgehead atoms. The molecule has 2 aromatic rings. The Morgan fingerprint density at radius 2 is 1.79 bits per heavy atom. The first-order valence-corrected chi connectivity index (χ1v) is 14.2. The molecule has 0 saturated carbocycles. The third-order valence-electron chi connectivity index (χ3n) is 7.87. The first kappa shape index (κ1) is 30.3. The van der Waals surface area contributed by atoms with Gasteiger partial charge in [-0.25, -0.2) is 4.79 Å². The van der Waals surface area contributed by atoms with Gasteiger partial charge >= 0.3 is 12.2 Å². The zero-order chi connectivity index (χ0) is 30.6. The second-order valence-electron chi connectivity index (χ2n) is 10.6. The highest BCUT2D eigenvalue weighted by atomic mass is 19.4. The van der Waals surface area contributed by atoms with Crippen molar-refractivity contribution in [3.05, 3.63) is 95.2 Å². The number of carbonyl (C=O) groups is 3. The van der Waals surface area contributed by atoms with E-state index >= 15 is 0 Å². The predicted octanol–water partition coefficient (Wildman–Crippen LogP) is 3.63. The standard InChI is InChI=1S/C31H34F3N5O4/c1-2-14-38-24-20-39(29(41)25(24)26(36-30(38)42)22-11-6-7-12-23(22)31(32,33)34)27(21-9-4-3-5-10-21)28(40)35-13-8-15-37-16-18-43-19-17-37/h2-7,9-12,26-27H,1,8,13-20H2,(H,35,40)(H,36,42)/t26-,27-/m1/s1. The predicted molar refractivity (Wildman–Crippen MR) is 152 cm³/mol. The molecule has 0 aliphatic carbocycles. The fraction of sp³-hybridized carbons (Fsp3) is 0.387. The Morgan fingerprint density at radius 3 is 2.49 bits per heavy atom. The number of morpholine rings is 1. The number of amides is 4. The average Bonchev–Trinajstić information content (AvgIpc) is 3.33. The van der Waals surface area contributed by atoms with Crippen molar-refractivity contribution in [1.82, 2.24) is 25.3 Å². The highest BCUT2D eigenvalue weighted by Gasteiger charge is 2.49. The van der Waals surface area contributed by atoms with E-state index < -0.39 is 41.7 Å². The molecule has 5 rings (SSSR count). The Hall–Kier alpha value is -4.16. The summed E-state index contributed by atoms with van der Waals surface area (Å²) in [6.07, 6.45) is -2.55. The molecule has 9 nitrogen and oxygen atoms in total. The maximum Gasteiger partial charge on any atom is 0.416 e. The molecule has 3 aliphatic heterocycles. The van der Waals surface area contributed by atoms with E-state index in [9.17, 15) is 27.6 Å². The van der Waals surface area contributed by atoms with Crippen LogP contribution in [0.1, 0.15) is 35.2 Å². The van der Waals surface area contributed by atoms with E-state index in [1.54, 1.807) is 30.3 Å². The lowest BCUT2D eigenvalue weighted by Gasteiger charge is -2.33. The molecule has 3 heterocycles. The fourth-order valence-electron chi connectivity index (χ4n) is 5.83. The van der Waals surface area contributed by atoms with E-state index in [1.165, 1.54) is 34.1 Å². The van der Waals surface area contributed by atoms with Crippen LogP contribution in [0.5, 0.6) is 0 Å². The first-order valence-electron chi connectivity index (χ1n) is 14.2. The van der Waals surface area contributed by atoms with Gasteiger partial charge in [0.1, 0.15) is 6.04 Å². The van der Waals surface area contributed by atoms with Gasteiger partial charge in [-0.2, -0.15) is 13.2 Å². The number of alkyl halides is 3. The molecule has 228 valence electrons. The van der Waals surface area contributed by atoms with Gasteiger partial charge in [0, 0.05) is 26.2 Å². The van der Waals surface area contributed by atoms with E-state index in [4.69, 9.17) is 4.74 Å². The lowest BCUT2D eigenvalue weighted by Crippen LogP contribution is -2.47. The van der Waals surface area contributed by atoms with E-state index in [1.807, 2.05) is 0 Å². The van der Waals surface area contributed by atoms with Crippen LogP contribution in [0.2, 0.25) is 0 Å². The summed E-state index contributed by atoms with van der Waals surface area (Å²) in [5.74, 6) is -1.04. The van der Waals surface area contributed by atoms with Crippen molar-refractivity contribution in [3.63, 3.8) is 0 Å². The summed E-state index contributed by atoms with van der Waals surface area (Å²) >= 11 is 0. The summed E-state index contributed by atoms with van der Waals surface area (Å²) in [6.45, 7) is 7.73. The molecule has 2 aromatic carbocycles. The number of hydrogen-bond acceptors (Lipinski definition) is 5. The number of nitrogens with one attached hydrogen (secondary N) is 2. The van der Waals surface area contributed by atoms with E-state index in [0.29, 0.717) is 31.7 Å². The monoisotopic (exact) mass is 597 g/mol. The molecule has 0 aromatic heterocycles. The normalized spacial score (nSPS) is 20.1. The Bertz CT molecular complexity index is 1390. The van der Waals surface area contributed by atoms with Gasteiger partial charge in [0.05, 0.1) is 42.6 Å². The van der Waals surface area contributed by atoms with Crippen molar-refractivity contribution >= 4 is 17.8 Å². The first-order chi connectivity index (χ1) is 20.7. The smallest absolute Gasteiger partial charge is 0.379 e. The fourth-order valence-corrected chi connectivity index (χ4v) is 5.83. The number of benzene rings is 2. The molecule has 1 fully saturated rings. The number of hydrogen-bond donors (Lipinski definition) is 2. The van der Waals surface area contributed by atoms with Crippen molar-refractivity contribution in [2.24, 2.45) is 0 Å².